The maximum absolute atomic E-state index is 13.2. The molecule has 1 amide bonds. The summed E-state index contributed by atoms with van der Waals surface area (Å²) in [6, 6.07) is 6.12. The molecule has 1 N–H and O–H groups in total. The van der Waals surface area contributed by atoms with Gasteiger partial charge in [0.25, 0.3) is 11.5 Å². The second-order valence-electron chi connectivity index (χ2n) is 7.92. The van der Waals surface area contributed by atoms with E-state index in [1.807, 2.05) is 6.92 Å². The standard InChI is InChI=1S/C23H21FN4O2S2/c1-12-17-21(25-16-6-4-3-5-11-28(16)22(17)30)32-19(12)20(29)27-23-26-18(13(2)31-23)14-7-9-15(24)10-8-14/h7-10H,3-6,11H2,1-2H3,(H,26,27,29). The summed E-state index contributed by atoms with van der Waals surface area (Å²) in [7, 11) is 0. The Bertz CT molecular complexity index is 1400. The number of carbonyl (C=O) groups is 1. The second-order valence-corrected chi connectivity index (χ2v) is 10.1. The van der Waals surface area contributed by atoms with E-state index in [0.29, 0.717) is 38.0 Å². The van der Waals surface area contributed by atoms with Crippen LogP contribution in [0.4, 0.5) is 9.52 Å². The van der Waals surface area contributed by atoms with Gasteiger partial charge in [-0.3, -0.25) is 19.5 Å². The molecule has 0 spiro atoms. The molecule has 3 aromatic heterocycles. The van der Waals surface area contributed by atoms with Crippen LogP contribution in [0.3, 0.4) is 0 Å². The van der Waals surface area contributed by atoms with Gasteiger partial charge < -0.3 is 0 Å². The average molecular weight is 469 g/mol. The molecule has 0 aliphatic carbocycles. The number of carbonyl (C=O) groups excluding carboxylic acids is 1. The normalized spacial score (nSPS) is 13.7. The molecular formula is C23H21FN4O2S2. The lowest BCUT2D eigenvalue weighted by molar-refractivity contribution is 0.103. The molecule has 32 heavy (non-hydrogen) atoms. The highest BCUT2D eigenvalue weighted by atomic mass is 32.1. The molecule has 0 unspecified atom stereocenters. The molecule has 5 rings (SSSR count). The van der Waals surface area contributed by atoms with Gasteiger partial charge in [-0.1, -0.05) is 6.42 Å². The summed E-state index contributed by atoms with van der Waals surface area (Å²) in [6.07, 6.45) is 3.87. The molecule has 0 fully saturated rings. The predicted molar refractivity (Wildman–Crippen MR) is 126 cm³/mol. The van der Waals surface area contributed by atoms with Gasteiger partial charge in [-0.2, -0.15) is 0 Å². The lowest BCUT2D eigenvalue weighted by Crippen LogP contribution is -2.24. The molecule has 4 aromatic rings. The number of aryl methyl sites for hydroxylation is 3. The Balaban J connectivity index is 1.47. The molecule has 164 valence electrons. The lowest BCUT2D eigenvalue weighted by atomic mass is 10.1. The summed E-state index contributed by atoms with van der Waals surface area (Å²) in [5.74, 6) is 0.203. The topological polar surface area (TPSA) is 76.9 Å². The summed E-state index contributed by atoms with van der Waals surface area (Å²) >= 11 is 2.61. The van der Waals surface area contributed by atoms with E-state index in [-0.39, 0.29) is 17.3 Å². The largest absolute Gasteiger partial charge is 0.297 e. The molecule has 4 heterocycles. The van der Waals surface area contributed by atoms with E-state index in [9.17, 15) is 14.0 Å². The van der Waals surface area contributed by atoms with Crippen LogP contribution in [0, 0.1) is 19.7 Å². The van der Waals surface area contributed by atoms with Gasteiger partial charge >= 0.3 is 0 Å². The molecule has 0 saturated carbocycles. The number of nitrogens with zero attached hydrogens (tertiary/aromatic N) is 3. The van der Waals surface area contributed by atoms with Crippen LogP contribution >= 0.6 is 22.7 Å². The quantitative estimate of drug-likeness (QED) is 0.442. The van der Waals surface area contributed by atoms with Crippen molar-refractivity contribution in [3.63, 3.8) is 0 Å². The van der Waals surface area contributed by atoms with Crippen molar-refractivity contribution >= 4 is 43.9 Å². The van der Waals surface area contributed by atoms with Crippen molar-refractivity contribution in [3.8, 4) is 11.3 Å². The molecule has 0 atom stereocenters. The zero-order valence-electron chi connectivity index (χ0n) is 17.7. The van der Waals surface area contributed by atoms with Gasteiger partial charge in [-0.25, -0.2) is 14.4 Å². The van der Waals surface area contributed by atoms with E-state index >= 15 is 0 Å². The Labute approximate surface area is 191 Å². The van der Waals surface area contributed by atoms with Gasteiger partial charge in [0, 0.05) is 23.4 Å². The first-order valence-electron chi connectivity index (χ1n) is 10.5. The van der Waals surface area contributed by atoms with Gasteiger partial charge in [0.1, 0.15) is 16.5 Å². The van der Waals surface area contributed by atoms with E-state index in [0.717, 1.165) is 41.9 Å². The maximum atomic E-state index is 13.2. The number of rotatable bonds is 3. The number of anilines is 1. The van der Waals surface area contributed by atoms with Gasteiger partial charge in [0.15, 0.2) is 5.13 Å². The molecular weight excluding hydrogens is 447 g/mol. The van der Waals surface area contributed by atoms with Crippen LogP contribution in [0.5, 0.6) is 0 Å². The van der Waals surface area contributed by atoms with Crippen molar-refractivity contribution in [3.05, 3.63) is 61.6 Å². The smallest absolute Gasteiger partial charge is 0.267 e. The SMILES string of the molecule is Cc1sc(NC(=O)c2sc3nc4n(c(=O)c3c2C)CCCCC4)nc1-c1ccc(F)cc1. The van der Waals surface area contributed by atoms with E-state index in [1.54, 1.807) is 23.6 Å². The molecule has 1 aromatic carbocycles. The lowest BCUT2D eigenvalue weighted by Gasteiger charge is -2.08. The van der Waals surface area contributed by atoms with Gasteiger partial charge in [-0.05, 0) is 56.5 Å². The minimum atomic E-state index is -0.308. The van der Waals surface area contributed by atoms with Crippen LogP contribution in [0.2, 0.25) is 0 Å². The summed E-state index contributed by atoms with van der Waals surface area (Å²) in [5, 5.41) is 3.87. The van der Waals surface area contributed by atoms with Crippen LogP contribution in [0.25, 0.3) is 21.5 Å². The number of halogens is 1. The van der Waals surface area contributed by atoms with Crippen molar-refractivity contribution in [1.29, 1.82) is 0 Å². The Morgan fingerprint density at radius 3 is 2.66 bits per heavy atom. The molecule has 0 bridgehead atoms. The fourth-order valence-corrected chi connectivity index (χ4v) is 6.02. The Morgan fingerprint density at radius 1 is 1.09 bits per heavy atom. The molecule has 6 nitrogen and oxygen atoms in total. The summed E-state index contributed by atoms with van der Waals surface area (Å²) in [5.41, 5.74) is 2.11. The van der Waals surface area contributed by atoms with Gasteiger partial charge in [0.2, 0.25) is 0 Å². The first-order chi connectivity index (χ1) is 15.4. The van der Waals surface area contributed by atoms with Crippen LogP contribution < -0.4 is 10.9 Å². The number of benzene rings is 1. The fourth-order valence-electron chi connectivity index (χ4n) is 4.11. The van der Waals surface area contributed by atoms with E-state index < -0.39 is 0 Å². The van der Waals surface area contributed by atoms with Crippen molar-refractivity contribution in [2.75, 3.05) is 5.32 Å². The number of hydrogen-bond donors (Lipinski definition) is 1. The molecule has 1 aliphatic heterocycles. The van der Waals surface area contributed by atoms with Crippen molar-refractivity contribution in [2.45, 2.75) is 46.1 Å². The van der Waals surface area contributed by atoms with E-state index in [2.05, 4.69) is 10.3 Å². The third-order valence-corrected chi connectivity index (χ3v) is 7.82. The monoisotopic (exact) mass is 468 g/mol. The highest BCUT2D eigenvalue weighted by Gasteiger charge is 2.23. The number of hydrogen-bond acceptors (Lipinski definition) is 6. The number of fused-ring (bicyclic) bond motifs is 2. The number of thiophene rings is 1. The summed E-state index contributed by atoms with van der Waals surface area (Å²) < 4.78 is 15.0. The van der Waals surface area contributed by atoms with E-state index in [4.69, 9.17) is 4.98 Å². The summed E-state index contributed by atoms with van der Waals surface area (Å²) in [6.45, 7) is 4.39. The first kappa shape index (κ1) is 21.0. The first-order valence-corrected chi connectivity index (χ1v) is 12.1. The van der Waals surface area contributed by atoms with Crippen molar-refractivity contribution in [2.24, 2.45) is 0 Å². The van der Waals surface area contributed by atoms with Crippen LogP contribution in [-0.2, 0) is 13.0 Å². The summed E-state index contributed by atoms with van der Waals surface area (Å²) in [4.78, 5) is 37.5. The Morgan fingerprint density at radius 2 is 1.88 bits per heavy atom. The molecule has 1 aliphatic rings. The highest BCUT2D eigenvalue weighted by molar-refractivity contribution is 7.21. The third kappa shape index (κ3) is 3.65. The number of aromatic nitrogens is 3. The van der Waals surface area contributed by atoms with Gasteiger partial charge in [0.05, 0.1) is 16.0 Å². The Hall–Kier alpha value is -2.91. The Kier molecular flexibility index (Phi) is 5.38. The molecule has 9 heteroatoms. The molecule has 0 radical (unpaired) electrons. The van der Waals surface area contributed by atoms with Crippen LogP contribution in [0.15, 0.2) is 29.1 Å². The minimum Gasteiger partial charge on any atom is -0.297 e. The fraction of sp³-hybridized carbons (Fsp3) is 0.304. The predicted octanol–water partition coefficient (Wildman–Crippen LogP) is 5.32. The third-order valence-electron chi connectivity index (χ3n) is 5.75. The van der Waals surface area contributed by atoms with Crippen molar-refractivity contribution < 1.29 is 9.18 Å². The van der Waals surface area contributed by atoms with Crippen LogP contribution in [0.1, 0.15) is 45.2 Å². The highest BCUT2D eigenvalue weighted by Crippen LogP contribution is 2.33. The van der Waals surface area contributed by atoms with Crippen molar-refractivity contribution in [1.82, 2.24) is 14.5 Å². The van der Waals surface area contributed by atoms with Gasteiger partial charge in [-0.15, -0.1) is 22.7 Å². The number of amides is 1. The van der Waals surface area contributed by atoms with E-state index in [1.165, 1.54) is 34.8 Å². The molecule has 0 saturated heterocycles. The zero-order chi connectivity index (χ0) is 22.4. The number of thiazole rings is 1. The number of nitrogens with one attached hydrogen (secondary N) is 1. The minimum absolute atomic E-state index is 0.0524. The maximum Gasteiger partial charge on any atom is 0.267 e. The zero-order valence-corrected chi connectivity index (χ0v) is 19.3. The average Bonchev–Trinajstić information content (AvgIpc) is 3.18. The second kappa shape index (κ2) is 8.22. The van der Waals surface area contributed by atoms with Crippen LogP contribution in [-0.4, -0.2) is 20.4 Å².